The number of thiazole rings is 1. The van der Waals surface area contributed by atoms with Crippen molar-refractivity contribution in [3.05, 3.63) is 16.6 Å². The van der Waals surface area contributed by atoms with Gasteiger partial charge in [0, 0.05) is 51.2 Å². The number of rotatable bonds is 4. The number of aromatic nitrogens is 1. The summed E-state index contributed by atoms with van der Waals surface area (Å²) in [6.07, 6.45) is 4.90. The predicted octanol–water partition coefficient (Wildman–Crippen LogP) is 1.66. The van der Waals surface area contributed by atoms with Crippen LogP contribution in [0.1, 0.15) is 31.4 Å². The summed E-state index contributed by atoms with van der Waals surface area (Å²) < 4.78 is 0. The molecule has 2 saturated heterocycles. The van der Waals surface area contributed by atoms with E-state index in [-0.39, 0.29) is 0 Å². The van der Waals surface area contributed by atoms with Gasteiger partial charge in [-0.05, 0) is 12.8 Å². The van der Waals surface area contributed by atoms with Crippen LogP contribution in [0.3, 0.4) is 0 Å². The molecule has 0 unspecified atom stereocenters. The second-order valence-electron chi connectivity index (χ2n) is 6.33. The molecule has 0 spiro atoms. The van der Waals surface area contributed by atoms with E-state index in [1.165, 1.54) is 31.4 Å². The van der Waals surface area contributed by atoms with E-state index in [4.69, 9.17) is 0 Å². The van der Waals surface area contributed by atoms with Gasteiger partial charge in [0.2, 0.25) is 5.91 Å². The van der Waals surface area contributed by atoms with Gasteiger partial charge in [-0.25, -0.2) is 4.98 Å². The van der Waals surface area contributed by atoms with Crippen molar-refractivity contribution in [2.24, 2.45) is 0 Å². The van der Waals surface area contributed by atoms with Gasteiger partial charge in [0.1, 0.15) is 0 Å². The largest absolute Gasteiger partial charge is 0.342 e. The number of hydrogen-bond donors (Lipinski definition) is 0. The highest BCUT2D eigenvalue weighted by molar-refractivity contribution is 7.07. The number of nitrogens with zero attached hydrogens (tertiary/aromatic N) is 4. The Morgan fingerprint density at radius 2 is 1.68 bits per heavy atom. The molecule has 1 amide bonds. The van der Waals surface area contributed by atoms with Gasteiger partial charge in [-0.15, -0.1) is 11.3 Å². The van der Waals surface area contributed by atoms with E-state index in [0.717, 1.165) is 45.8 Å². The fourth-order valence-corrected chi connectivity index (χ4v) is 3.81. The fraction of sp³-hybridized carbons (Fsp3) is 0.750. The topological polar surface area (TPSA) is 39.7 Å². The highest BCUT2D eigenvalue weighted by Crippen LogP contribution is 2.12. The molecule has 0 aromatic carbocycles. The van der Waals surface area contributed by atoms with E-state index in [1.807, 2.05) is 5.51 Å². The molecule has 2 aliphatic rings. The van der Waals surface area contributed by atoms with Crippen LogP contribution in [0.4, 0.5) is 0 Å². The highest BCUT2D eigenvalue weighted by atomic mass is 32.1. The molecule has 22 heavy (non-hydrogen) atoms. The van der Waals surface area contributed by atoms with Crippen LogP contribution in [0, 0.1) is 0 Å². The van der Waals surface area contributed by atoms with E-state index in [9.17, 15) is 4.79 Å². The number of carbonyl (C=O) groups is 1. The summed E-state index contributed by atoms with van der Waals surface area (Å²) in [5.41, 5.74) is 3.06. The van der Waals surface area contributed by atoms with Gasteiger partial charge in [-0.1, -0.05) is 12.8 Å². The number of carbonyl (C=O) groups excluding carboxylic acids is 1. The minimum absolute atomic E-state index is 0.329. The van der Waals surface area contributed by atoms with Crippen LogP contribution >= 0.6 is 11.3 Å². The summed E-state index contributed by atoms with van der Waals surface area (Å²) >= 11 is 1.66. The average Bonchev–Trinajstić information content (AvgIpc) is 2.88. The maximum Gasteiger partial charge on any atom is 0.236 e. The third kappa shape index (κ3) is 4.51. The lowest BCUT2D eigenvalue weighted by atomic mass is 10.2. The summed E-state index contributed by atoms with van der Waals surface area (Å²) in [6.45, 7) is 7.51. The molecule has 0 atom stereocenters. The predicted molar refractivity (Wildman–Crippen MR) is 88.9 cm³/mol. The molecule has 6 heteroatoms. The van der Waals surface area contributed by atoms with Crippen molar-refractivity contribution in [1.82, 2.24) is 19.7 Å². The normalized spacial score (nSPS) is 21.7. The van der Waals surface area contributed by atoms with Crippen LogP contribution < -0.4 is 0 Å². The van der Waals surface area contributed by atoms with Crippen LogP contribution in [0.15, 0.2) is 10.9 Å². The molecule has 0 N–H and O–H groups in total. The van der Waals surface area contributed by atoms with E-state index < -0.39 is 0 Å². The van der Waals surface area contributed by atoms with E-state index in [1.54, 1.807) is 11.3 Å². The number of piperazine rings is 1. The molecule has 122 valence electrons. The lowest BCUT2D eigenvalue weighted by Crippen LogP contribution is -2.49. The minimum atomic E-state index is 0.329. The molecule has 0 aliphatic carbocycles. The Hall–Kier alpha value is -0.980. The Morgan fingerprint density at radius 3 is 2.32 bits per heavy atom. The Labute approximate surface area is 136 Å². The molecule has 1 aromatic rings. The summed E-state index contributed by atoms with van der Waals surface area (Å²) in [4.78, 5) is 23.6. The Balaban J connectivity index is 1.40. The molecule has 2 aliphatic heterocycles. The zero-order valence-electron chi connectivity index (χ0n) is 13.2. The van der Waals surface area contributed by atoms with Crippen molar-refractivity contribution >= 4 is 17.2 Å². The van der Waals surface area contributed by atoms with Gasteiger partial charge in [-0.3, -0.25) is 14.6 Å². The summed E-state index contributed by atoms with van der Waals surface area (Å²) in [7, 11) is 0. The van der Waals surface area contributed by atoms with Gasteiger partial charge in [-0.2, -0.15) is 0 Å². The lowest BCUT2D eigenvalue weighted by Gasteiger charge is -2.35. The van der Waals surface area contributed by atoms with Crippen LogP contribution in [-0.2, 0) is 11.3 Å². The minimum Gasteiger partial charge on any atom is -0.342 e. The van der Waals surface area contributed by atoms with Crippen LogP contribution in [0.2, 0.25) is 0 Å². The van der Waals surface area contributed by atoms with Crippen LogP contribution in [-0.4, -0.2) is 71.4 Å². The third-order valence-corrected chi connectivity index (χ3v) is 5.29. The van der Waals surface area contributed by atoms with Crippen molar-refractivity contribution in [1.29, 1.82) is 0 Å². The summed E-state index contributed by atoms with van der Waals surface area (Å²) in [5.74, 6) is 0.329. The number of amides is 1. The molecule has 5 nitrogen and oxygen atoms in total. The van der Waals surface area contributed by atoms with Gasteiger partial charge in [0.25, 0.3) is 0 Å². The first-order valence-electron chi connectivity index (χ1n) is 8.41. The molecule has 0 saturated carbocycles. The lowest BCUT2D eigenvalue weighted by molar-refractivity contribution is -0.132. The molecular weight excluding hydrogens is 296 g/mol. The van der Waals surface area contributed by atoms with Crippen LogP contribution in [0.25, 0.3) is 0 Å². The van der Waals surface area contributed by atoms with Crippen LogP contribution in [0.5, 0.6) is 0 Å². The maximum absolute atomic E-state index is 12.4. The first-order valence-corrected chi connectivity index (χ1v) is 9.35. The maximum atomic E-state index is 12.4. The first kappa shape index (κ1) is 15.9. The Morgan fingerprint density at radius 1 is 1.00 bits per heavy atom. The molecular formula is C16H26N4OS. The molecule has 3 heterocycles. The van der Waals surface area contributed by atoms with Crippen molar-refractivity contribution < 1.29 is 4.79 Å². The third-order valence-electron chi connectivity index (χ3n) is 4.65. The second-order valence-corrected chi connectivity index (χ2v) is 7.05. The van der Waals surface area contributed by atoms with E-state index >= 15 is 0 Å². The van der Waals surface area contributed by atoms with E-state index in [0.29, 0.717) is 12.5 Å². The SMILES string of the molecule is O=C(CN1CCN(Cc2cscn2)CC1)N1CCCCCC1. The molecule has 0 radical (unpaired) electrons. The van der Waals surface area contributed by atoms with Gasteiger partial charge < -0.3 is 4.90 Å². The molecule has 2 fully saturated rings. The van der Waals surface area contributed by atoms with Gasteiger partial charge in [0.05, 0.1) is 17.7 Å². The molecule has 0 bridgehead atoms. The van der Waals surface area contributed by atoms with Crippen molar-refractivity contribution in [2.75, 3.05) is 45.8 Å². The fourth-order valence-electron chi connectivity index (χ4n) is 3.26. The standard InChI is InChI=1S/C16H26N4OS/c21-16(20-5-3-1-2-4-6-20)12-19-9-7-18(8-10-19)11-15-13-22-14-17-15/h13-14H,1-12H2. The quantitative estimate of drug-likeness (QED) is 0.845. The highest BCUT2D eigenvalue weighted by Gasteiger charge is 2.22. The first-order chi connectivity index (χ1) is 10.8. The van der Waals surface area contributed by atoms with Crippen molar-refractivity contribution in [2.45, 2.75) is 32.2 Å². The van der Waals surface area contributed by atoms with E-state index in [2.05, 4.69) is 25.1 Å². The van der Waals surface area contributed by atoms with Crippen molar-refractivity contribution in [3.8, 4) is 0 Å². The van der Waals surface area contributed by atoms with Crippen molar-refractivity contribution in [3.63, 3.8) is 0 Å². The Bertz CT molecular complexity index is 449. The second kappa shape index (κ2) is 8.04. The molecule has 1 aromatic heterocycles. The van der Waals surface area contributed by atoms with Gasteiger partial charge in [0.15, 0.2) is 0 Å². The summed E-state index contributed by atoms with van der Waals surface area (Å²) in [5, 5.41) is 2.12. The zero-order valence-corrected chi connectivity index (χ0v) is 14.1. The monoisotopic (exact) mass is 322 g/mol. The van der Waals surface area contributed by atoms with Gasteiger partial charge >= 0.3 is 0 Å². The molecule has 3 rings (SSSR count). The number of hydrogen-bond acceptors (Lipinski definition) is 5. The zero-order chi connectivity index (χ0) is 15.2. The summed E-state index contributed by atoms with van der Waals surface area (Å²) in [6, 6.07) is 0. The number of likely N-dealkylation sites (tertiary alicyclic amines) is 1. The smallest absolute Gasteiger partial charge is 0.236 e. The average molecular weight is 322 g/mol. The Kier molecular flexibility index (Phi) is 5.81.